The number of carbonyl (C=O) groups is 2. The molecular weight excluding hydrogens is 342 g/mol. The van der Waals surface area contributed by atoms with Crippen LogP contribution in [0.5, 0.6) is 0 Å². The Morgan fingerprint density at radius 2 is 1.54 bits per heavy atom. The average Bonchev–Trinajstić information content (AvgIpc) is 2.49. The summed E-state index contributed by atoms with van der Waals surface area (Å²) in [6.07, 6.45) is 6.02. The zero-order valence-corrected chi connectivity index (χ0v) is 16.0. The molecule has 0 amide bonds. The maximum absolute atomic E-state index is 12.9. The van der Waals surface area contributed by atoms with E-state index in [4.69, 9.17) is 9.47 Å². The van der Waals surface area contributed by atoms with Crippen LogP contribution in [0.15, 0.2) is 0 Å². The monoisotopic (exact) mass is 372 g/mol. The molecule has 26 heavy (non-hydrogen) atoms. The highest BCUT2D eigenvalue weighted by Crippen LogP contribution is 2.57. The molecule has 4 rings (SSSR count). The van der Waals surface area contributed by atoms with Crippen LogP contribution in [0.3, 0.4) is 0 Å². The first-order chi connectivity index (χ1) is 12.0. The lowest BCUT2D eigenvalue weighted by atomic mass is 9.54. The molecule has 0 aromatic rings. The summed E-state index contributed by atoms with van der Waals surface area (Å²) in [6, 6.07) is 0. The highest BCUT2D eigenvalue weighted by molar-refractivity contribution is 5.78. The first-order valence-electron chi connectivity index (χ1n) is 9.79. The molecule has 0 N–H and O–H groups in total. The number of ether oxygens (including phenoxy) is 2. The van der Waals surface area contributed by atoms with E-state index in [1.165, 1.54) is 19.3 Å². The molecule has 4 aliphatic carbocycles. The van der Waals surface area contributed by atoms with E-state index in [-0.39, 0.29) is 18.2 Å². The van der Waals surface area contributed by atoms with E-state index < -0.39 is 23.7 Å². The predicted molar refractivity (Wildman–Crippen MR) is 91.6 cm³/mol. The van der Waals surface area contributed by atoms with E-state index in [1.54, 1.807) is 6.92 Å². The molecule has 0 aromatic heterocycles. The third-order valence-corrected chi connectivity index (χ3v) is 6.57. The van der Waals surface area contributed by atoms with Crippen molar-refractivity contribution in [2.75, 3.05) is 6.61 Å². The molecule has 0 spiro atoms. The molecule has 6 heteroatoms. The van der Waals surface area contributed by atoms with E-state index in [1.807, 2.05) is 6.92 Å². The third kappa shape index (κ3) is 4.20. The number of hydrogen-bond acceptors (Lipinski definition) is 4. The van der Waals surface area contributed by atoms with Gasteiger partial charge in [-0.05, 0) is 76.5 Å². The van der Waals surface area contributed by atoms with Gasteiger partial charge in [0.15, 0.2) is 0 Å². The Labute approximate surface area is 154 Å². The van der Waals surface area contributed by atoms with Crippen molar-refractivity contribution in [2.24, 2.45) is 23.2 Å². The smallest absolute Gasteiger partial charge is 0.315 e. The highest BCUT2D eigenvalue weighted by Gasteiger charge is 2.54. The van der Waals surface area contributed by atoms with Crippen molar-refractivity contribution in [3.05, 3.63) is 0 Å². The Morgan fingerprint density at radius 3 is 1.96 bits per heavy atom. The zero-order chi connectivity index (χ0) is 19.2. The van der Waals surface area contributed by atoms with Gasteiger partial charge >= 0.3 is 11.9 Å². The van der Waals surface area contributed by atoms with Crippen molar-refractivity contribution in [1.82, 2.24) is 0 Å². The van der Waals surface area contributed by atoms with Crippen LogP contribution >= 0.6 is 0 Å². The minimum atomic E-state index is -3.11. The van der Waals surface area contributed by atoms with Gasteiger partial charge in [-0.2, -0.15) is 0 Å². The molecule has 1 unspecified atom stereocenters. The van der Waals surface area contributed by atoms with Gasteiger partial charge in [0.25, 0.3) is 5.92 Å². The van der Waals surface area contributed by atoms with Gasteiger partial charge in [0.2, 0.25) is 0 Å². The van der Waals surface area contributed by atoms with Gasteiger partial charge in [-0.3, -0.25) is 9.59 Å². The van der Waals surface area contributed by atoms with Gasteiger partial charge in [-0.1, -0.05) is 6.92 Å². The zero-order valence-electron chi connectivity index (χ0n) is 16.0. The maximum atomic E-state index is 12.9. The summed E-state index contributed by atoms with van der Waals surface area (Å²) in [6.45, 7) is 3.97. The quantitative estimate of drug-likeness (QED) is 0.617. The summed E-state index contributed by atoms with van der Waals surface area (Å²) in [5, 5.41) is 0. The van der Waals surface area contributed by atoms with Crippen molar-refractivity contribution in [3.63, 3.8) is 0 Å². The molecule has 4 fully saturated rings. The molecule has 0 heterocycles. The fraction of sp³-hybridized carbons (Fsp3) is 0.900. The number of rotatable bonds is 7. The minimum Gasteiger partial charge on any atom is -0.464 e. The fourth-order valence-electron chi connectivity index (χ4n) is 5.33. The number of esters is 2. The van der Waals surface area contributed by atoms with E-state index in [2.05, 4.69) is 0 Å². The standard InChI is InChI=1S/C20H30F2O4/c1-4-18(2,12-25-16(23)11-19(3,21)22)17(24)26-20-8-13-5-14(9-20)7-15(6-13)10-20/h13-15H,4-12H2,1-3H3. The van der Waals surface area contributed by atoms with E-state index in [0.29, 0.717) is 31.1 Å². The van der Waals surface area contributed by atoms with Crippen molar-refractivity contribution >= 4 is 11.9 Å². The van der Waals surface area contributed by atoms with Crippen LogP contribution < -0.4 is 0 Å². The summed E-state index contributed by atoms with van der Waals surface area (Å²) >= 11 is 0. The van der Waals surface area contributed by atoms with Crippen LogP contribution in [0.25, 0.3) is 0 Å². The normalized spacial score (nSPS) is 35.0. The minimum absolute atomic E-state index is 0.219. The van der Waals surface area contributed by atoms with Crippen molar-refractivity contribution in [2.45, 2.75) is 83.7 Å². The maximum Gasteiger partial charge on any atom is 0.315 e. The highest BCUT2D eigenvalue weighted by atomic mass is 19.3. The average molecular weight is 372 g/mol. The molecule has 0 aromatic carbocycles. The second kappa shape index (κ2) is 6.75. The Bertz CT molecular complexity index is 533. The van der Waals surface area contributed by atoms with Gasteiger partial charge < -0.3 is 9.47 Å². The van der Waals surface area contributed by atoms with Crippen molar-refractivity contribution in [1.29, 1.82) is 0 Å². The van der Waals surface area contributed by atoms with Crippen molar-refractivity contribution in [3.8, 4) is 0 Å². The number of alkyl halides is 2. The van der Waals surface area contributed by atoms with Crippen LogP contribution in [0.1, 0.15) is 72.1 Å². The molecule has 0 saturated heterocycles. The summed E-state index contributed by atoms with van der Waals surface area (Å²) in [7, 11) is 0. The summed E-state index contributed by atoms with van der Waals surface area (Å²) < 4.78 is 36.9. The van der Waals surface area contributed by atoms with Gasteiger partial charge in [0, 0.05) is 0 Å². The molecule has 4 bridgehead atoms. The largest absolute Gasteiger partial charge is 0.464 e. The summed E-state index contributed by atoms with van der Waals surface area (Å²) in [5.41, 5.74) is -1.36. The van der Waals surface area contributed by atoms with E-state index in [9.17, 15) is 18.4 Å². The van der Waals surface area contributed by atoms with Gasteiger partial charge in [-0.25, -0.2) is 8.78 Å². The molecule has 4 aliphatic rings. The number of carbonyl (C=O) groups excluding carboxylic acids is 2. The van der Waals surface area contributed by atoms with Crippen LogP contribution in [0.2, 0.25) is 0 Å². The predicted octanol–water partition coefficient (Wildman–Crippen LogP) is 4.50. The van der Waals surface area contributed by atoms with Crippen LogP contribution in [0.4, 0.5) is 8.78 Å². The first-order valence-corrected chi connectivity index (χ1v) is 9.79. The Balaban J connectivity index is 1.60. The molecule has 4 saturated carbocycles. The lowest BCUT2D eigenvalue weighted by Gasteiger charge is -2.56. The van der Waals surface area contributed by atoms with Crippen molar-refractivity contribution < 1.29 is 27.8 Å². The fourth-order valence-corrected chi connectivity index (χ4v) is 5.33. The van der Waals surface area contributed by atoms with E-state index >= 15 is 0 Å². The van der Waals surface area contributed by atoms with Crippen LogP contribution in [-0.4, -0.2) is 30.1 Å². The lowest BCUT2D eigenvalue weighted by molar-refractivity contribution is -0.200. The van der Waals surface area contributed by atoms with E-state index in [0.717, 1.165) is 19.3 Å². The Kier molecular flexibility index (Phi) is 5.08. The topological polar surface area (TPSA) is 52.6 Å². The molecular formula is C20H30F2O4. The van der Waals surface area contributed by atoms with Gasteiger partial charge in [0.05, 0.1) is 5.41 Å². The van der Waals surface area contributed by atoms with Crippen LogP contribution in [0, 0.1) is 23.2 Å². The molecule has 148 valence electrons. The molecule has 0 radical (unpaired) electrons. The Morgan fingerprint density at radius 1 is 1.04 bits per heavy atom. The molecule has 1 atom stereocenters. The summed E-state index contributed by atoms with van der Waals surface area (Å²) in [5.74, 6) is -2.48. The summed E-state index contributed by atoms with van der Waals surface area (Å²) in [4.78, 5) is 24.5. The van der Waals surface area contributed by atoms with Gasteiger partial charge in [-0.15, -0.1) is 0 Å². The molecule has 0 aliphatic heterocycles. The SMILES string of the molecule is CCC(C)(COC(=O)CC(C)(F)F)C(=O)OC12CC3CC(CC(C3)C1)C2. The second-order valence-corrected chi connectivity index (χ2v) is 9.31. The van der Waals surface area contributed by atoms with Crippen LogP contribution in [-0.2, 0) is 19.1 Å². The first kappa shape index (κ1) is 19.6. The number of halogens is 2. The molecule has 4 nitrogen and oxygen atoms in total. The lowest BCUT2D eigenvalue weighted by Crippen LogP contribution is -2.54. The Hall–Kier alpha value is -1.20. The van der Waals surface area contributed by atoms with Gasteiger partial charge in [0.1, 0.15) is 18.6 Å². The second-order valence-electron chi connectivity index (χ2n) is 9.31. The number of hydrogen-bond donors (Lipinski definition) is 0. The third-order valence-electron chi connectivity index (χ3n) is 6.57.